The van der Waals surface area contributed by atoms with Crippen molar-refractivity contribution in [3.05, 3.63) is 35.1 Å². The van der Waals surface area contributed by atoms with E-state index >= 15 is 0 Å². The molecule has 15 heavy (non-hydrogen) atoms. The fourth-order valence-electron chi connectivity index (χ4n) is 1.08. The van der Waals surface area contributed by atoms with Gasteiger partial charge in [-0.25, -0.2) is 13.2 Å². The minimum atomic E-state index is -1.24. The first-order chi connectivity index (χ1) is 6.56. The summed E-state index contributed by atoms with van der Waals surface area (Å²) in [6.45, 7) is -0.407. The van der Waals surface area contributed by atoms with Crippen molar-refractivity contribution in [2.45, 2.75) is 12.5 Å². The summed E-state index contributed by atoms with van der Waals surface area (Å²) in [6, 6.07) is 0.747. The predicted octanol–water partition coefficient (Wildman–Crippen LogP) is 1.39. The summed E-state index contributed by atoms with van der Waals surface area (Å²) in [5, 5.41) is 8.58. The van der Waals surface area contributed by atoms with Gasteiger partial charge in [-0.15, -0.1) is 12.4 Å². The highest BCUT2D eigenvalue weighted by Gasteiger charge is 2.15. The van der Waals surface area contributed by atoms with E-state index in [1.54, 1.807) is 0 Å². The minimum absolute atomic E-state index is 0. The van der Waals surface area contributed by atoms with Gasteiger partial charge in [0.15, 0.2) is 11.6 Å². The van der Waals surface area contributed by atoms with Crippen molar-refractivity contribution in [1.29, 1.82) is 0 Å². The molecule has 1 rings (SSSR count). The van der Waals surface area contributed by atoms with Crippen LogP contribution in [0.25, 0.3) is 0 Å². The summed E-state index contributed by atoms with van der Waals surface area (Å²) >= 11 is 0. The number of aliphatic hydroxyl groups is 1. The number of nitrogens with two attached hydrogens (primary N) is 1. The molecule has 0 aromatic heterocycles. The molecule has 1 aromatic rings. The topological polar surface area (TPSA) is 46.2 Å². The second kappa shape index (κ2) is 5.95. The van der Waals surface area contributed by atoms with E-state index in [9.17, 15) is 13.2 Å². The summed E-state index contributed by atoms with van der Waals surface area (Å²) in [6.07, 6.45) is -0.230. The maximum atomic E-state index is 13.0. The maximum absolute atomic E-state index is 13.0. The molecular weight excluding hydrogens is 231 g/mol. The largest absolute Gasteiger partial charge is 0.395 e. The number of halogens is 4. The molecule has 0 amide bonds. The van der Waals surface area contributed by atoms with Gasteiger partial charge in [-0.05, 0) is 18.6 Å². The molecular formula is C9H11ClF3NO. The number of hydrogen-bond acceptors (Lipinski definition) is 2. The normalized spacial score (nSPS) is 12.1. The molecule has 0 aliphatic rings. The molecule has 0 fully saturated rings. The average molecular weight is 242 g/mol. The van der Waals surface area contributed by atoms with E-state index in [1.165, 1.54) is 0 Å². The fraction of sp³-hybridized carbons (Fsp3) is 0.333. The van der Waals surface area contributed by atoms with Gasteiger partial charge in [0.1, 0.15) is 5.82 Å². The van der Waals surface area contributed by atoms with E-state index in [1.807, 2.05) is 0 Å². The van der Waals surface area contributed by atoms with Crippen LogP contribution in [0.15, 0.2) is 12.1 Å². The SMILES string of the molecule is Cl.NC(CO)Cc1c(F)ccc(F)c1F. The molecule has 0 aliphatic carbocycles. The average Bonchev–Trinajstić information content (AvgIpc) is 2.18. The van der Waals surface area contributed by atoms with Crippen LogP contribution in [0.5, 0.6) is 0 Å². The van der Waals surface area contributed by atoms with Gasteiger partial charge in [0.05, 0.1) is 6.61 Å². The first-order valence-electron chi connectivity index (χ1n) is 4.05. The van der Waals surface area contributed by atoms with Crippen LogP contribution in [-0.4, -0.2) is 17.8 Å². The molecule has 0 radical (unpaired) electrons. The molecule has 1 unspecified atom stereocenters. The third-order valence-electron chi connectivity index (χ3n) is 1.84. The molecule has 0 heterocycles. The van der Waals surface area contributed by atoms with Gasteiger partial charge >= 0.3 is 0 Å². The van der Waals surface area contributed by atoms with Crippen LogP contribution >= 0.6 is 12.4 Å². The molecule has 0 spiro atoms. The van der Waals surface area contributed by atoms with Crippen molar-refractivity contribution in [3.63, 3.8) is 0 Å². The van der Waals surface area contributed by atoms with Crippen molar-refractivity contribution in [2.75, 3.05) is 6.61 Å². The Morgan fingerprint density at radius 3 is 2.27 bits per heavy atom. The molecule has 0 saturated heterocycles. The molecule has 1 atom stereocenters. The molecule has 2 nitrogen and oxygen atoms in total. The predicted molar refractivity (Wildman–Crippen MR) is 52.3 cm³/mol. The van der Waals surface area contributed by atoms with Crippen LogP contribution in [0.3, 0.4) is 0 Å². The number of aliphatic hydroxyl groups excluding tert-OH is 1. The third-order valence-corrected chi connectivity index (χ3v) is 1.84. The summed E-state index contributed by atoms with van der Waals surface area (Å²) < 4.78 is 38.7. The van der Waals surface area contributed by atoms with Crippen LogP contribution in [0.2, 0.25) is 0 Å². The molecule has 0 bridgehead atoms. The zero-order chi connectivity index (χ0) is 10.7. The Balaban J connectivity index is 0.00000196. The number of benzene rings is 1. The van der Waals surface area contributed by atoms with Gasteiger partial charge in [0.2, 0.25) is 0 Å². The van der Waals surface area contributed by atoms with Crippen molar-refractivity contribution < 1.29 is 18.3 Å². The lowest BCUT2D eigenvalue weighted by Gasteiger charge is -2.09. The third kappa shape index (κ3) is 3.37. The van der Waals surface area contributed by atoms with Crippen LogP contribution in [-0.2, 0) is 6.42 Å². The molecule has 0 aliphatic heterocycles. The Hall–Kier alpha value is -0.780. The van der Waals surface area contributed by atoms with Crippen LogP contribution in [0, 0.1) is 17.5 Å². The summed E-state index contributed by atoms with van der Waals surface area (Å²) in [7, 11) is 0. The van der Waals surface area contributed by atoms with E-state index in [0.29, 0.717) is 6.07 Å². The van der Waals surface area contributed by atoms with Gasteiger partial charge in [-0.2, -0.15) is 0 Å². The Labute approximate surface area is 91.3 Å². The highest BCUT2D eigenvalue weighted by molar-refractivity contribution is 5.85. The Morgan fingerprint density at radius 2 is 1.73 bits per heavy atom. The first-order valence-corrected chi connectivity index (χ1v) is 4.05. The van der Waals surface area contributed by atoms with Gasteiger partial charge in [-0.3, -0.25) is 0 Å². The molecule has 1 aromatic carbocycles. The second-order valence-corrected chi connectivity index (χ2v) is 2.97. The number of hydrogen-bond donors (Lipinski definition) is 2. The quantitative estimate of drug-likeness (QED) is 0.786. The van der Waals surface area contributed by atoms with E-state index in [4.69, 9.17) is 10.8 Å². The van der Waals surface area contributed by atoms with Crippen molar-refractivity contribution >= 4 is 12.4 Å². The first kappa shape index (κ1) is 14.2. The van der Waals surface area contributed by atoms with Gasteiger partial charge in [0, 0.05) is 11.6 Å². The van der Waals surface area contributed by atoms with E-state index in [2.05, 4.69) is 0 Å². The Morgan fingerprint density at radius 1 is 1.20 bits per heavy atom. The Bertz CT molecular complexity index is 335. The van der Waals surface area contributed by atoms with Crippen molar-refractivity contribution in [2.24, 2.45) is 5.73 Å². The maximum Gasteiger partial charge on any atom is 0.164 e. The smallest absolute Gasteiger partial charge is 0.164 e. The zero-order valence-electron chi connectivity index (χ0n) is 7.71. The highest BCUT2D eigenvalue weighted by atomic mass is 35.5. The molecule has 0 saturated carbocycles. The number of rotatable bonds is 3. The minimum Gasteiger partial charge on any atom is -0.395 e. The zero-order valence-corrected chi connectivity index (χ0v) is 8.53. The molecule has 86 valence electrons. The van der Waals surface area contributed by atoms with Crippen LogP contribution in [0.4, 0.5) is 13.2 Å². The lowest BCUT2D eigenvalue weighted by molar-refractivity contribution is 0.263. The fourth-order valence-corrected chi connectivity index (χ4v) is 1.08. The van der Waals surface area contributed by atoms with E-state index in [-0.39, 0.29) is 18.8 Å². The monoisotopic (exact) mass is 241 g/mol. The van der Waals surface area contributed by atoms with Crippen molar-refractivity contribution in [1.82, 2.24) is 0 Å². The van der Waals surface area contributed by atoms with Crippen LogP contribution in [0.1, 0.15) is 5.56 Å². The lowest BCUT2D eigenvalue weighted by atomic mass is 10.1. The van der Waals surface area contributed by atoms with Crippen LogP contribution < -0.4 is 5.73 Å². The lowest BCUT2D eigenvalue weighted by Crippen LogP contribution is -2.28. The summed E-state index contributed by atoms with van der Waals surface area (Å²) in [4.78, 5) is 0. The van der Waals surface area contributed by atoms with E-state index in [0.717, 1.165) is 6.07 Å². The standard InChI is InChI=1S/C9H10F3NO.ClH/c10-7-1-2-8(11)9(12)6(7)3-5(13)4-14;/h1-2,5,14H,3-4,13H2;1H. The Kier molecular flexibility index (Phi) is 5.64. The van der Waals surface area contributed by atoms with E-state index < -0.39 is 35.7 Å². The summed E-state index contributed by atoms with van der Waals surface area (Å²) in [5.74, 6) is -3.21. The van der Waals surface area contributed by atoms with Gasteiger partial charge < -0.3 is 10.8 Å². The highest BCUT2D eigenvalue weighted by Crippen LogP contribution is 2.16. The molecule has 6 heteroatoms. The molecule has 3 N–H and O–H groups in total. The summed E-state index contributed by atoms with van der Waals surface area (Å²) in [5.41, 5.74) is 4.86. The van der Waals surface area contributed by atoms with Gasteiger partial charge in [0.25, 0.3) is 0 Å². The van der Waals surface area contributed by atoms with Crippen molar-refractivity contribution in [3.8, 4) is 0 Å². The second-order valence-electron chi connectivity index (χ2n) is 2.97. The van der Waals surface area contributed by atoms with Gasteiger partial charge in [-0.1, -0.05) is 0 Å².